The van der Waals surface area contributed by atoms with Crippen molar-refractivity contribution in [2.24, 2.45) is 0 Å². The molecule has 3 aromatic carbocycles. The number of benzene rings is 3. The molecule has 0 bridgehead atoms. The van der Waals surface area contributed by atoms with Crippen molar-refractivity contribution < 1.29 is 33.6 Å². The molecule has 1 unspecified atom stereocenters. The third kappa shape index (κ3) is 6.53. The van der Waals surface area contributed by atoms with Gasteiger partial charge in [-0.25, -0.2) is 4.79 Å². The highest BCUT2D eigenvalue weighted by atomic mass is 16.6. The molecule has 5 rings (SSSR count). The lowest BCUT2D eigenvalue weighted by Crippen LogP contribution is -2.37. The molecule has 0 radical (unpaired) electrons. The van der Waals surface area contributed by atoms with Crippen molar-refractivity contribution in [3.63, 3.8) is 0 Å². The van der Waals surface area contributed by atoms with Crippen molar-refractivity contribution in [2.45, 2.75) is 24.4 Å². The summed E-state index contributed by atoms with van der Waals surface area (Å²) in [4.78, 5) is 38.5. The maximum atomic E-state index is 12.7. The third-order valence-electron chi connectivity index (χ3n) is 7.70. The van der Waals surface area contributed by atoms with E-state index in [0.717, 1.165) is 27.3 Å². The monoisotopic (exact) mass is 629 g/mol. The van der Waals surface area contributed by atoms with Crippen LogP contribution in [0.2, 0.25) is 0 Å². The maximum Gasteiger partial charge on any atom is 0.331 e. The van der Waals surface area contributed by atoms with E-state index in [1.165, 1.54) is 13.2 Å². The number of hydrogen-bond acceptors (Lipinski definition) is 9. The molecule has 4 aromatic rings. The van der Waals surface area contributed by atoms with E-state index in [2.05, 4.69) is 10.3 Å². The van der Waals surface area contributed by atoms with Crippen molar-refractivity contribution in [2.75, 3.05) is 34.5 Å². The fourth-order valence-electron chi connectivity index (χ4n) is 5.31. The third-order valence-corrected chi connectivity index (χ3v) is 7.70. The molecule has 0 spiro atoms. The number of aromatic nitrogens is 2. The summed E-state index contributed by atoms with van der Waals surface area (Å²) in [5, 5.41) is 13.9. The summed E-state index contributed by atoms with van der Waals surface area (Å²) in [6.07, 6.45) is -1.12. The Morgan fingerprint density at radius 2 is 1.50 bits per heavy atom. The van der Waals surface area contributed by atoms with Crippen LogP contribution >= 0.6 is 0 Å². The van der Waals surface area contributed by atoms with Crippen molar-refractivity contribution >= 4 is 5.91 Å². The molecule has 1 aliphatic rings. The second-order valence-corrected chi connectivity index (χ2v) is 10.3. The van der Waals surface area contributed by atoms with Gasteiger partial charge >= 0.3 is 5.69 Å². The van der Waals surface area contributed by atoms with Crippen LogP contribution in [0.4, 0.5) is 0 Å². The Morgan fingerprint density at radius 1 is 0.913 bits per heavy atom. The number of amides is 1. The van der Waals surface area contributed by atoms with Crippen LogP contribution in [0.25, 0.3) is 0 Å². The second kappa shape index (κ2) is 14.2. The van der Waals surface area contributed by atoms with Crippen LogP contribution in [-0.4, -0.2) is 61.1 Å². The molecule has 240 valence electrons. The molecule has 0 saturated heterocycles. The summed E-state index contributed by atoms with van der Waals surface area (Å²) in [6.45, 7) is -0.338. The lowest BCUT2D eigenvalue weighted by Gasteiger charge is -2.36. The van der Waals surface area contributed by atoms with Crippen molar-refractivity contribution in [1.82, 2.24) is 14.9 Å². The van der Waals surface area contributed by atoms with Gasteiger partial charge < -0.3 is 34.1 Å². The van der Waals surface area contributed by atoms with Gasteiger partial charge in [0.05, 0.1) is 20.8 Å². The van der Waals surface area contributed by atoms with Gasteiger partial charge in [0.25, 0.3) is 5.56 Å². The molecule has 1 aromatic heterocycles. The van der Waals surface area contributed by atoms with Gasteiger partial charge in [0, 0.05) is 25.7 Å². The van der Waals surface area contributed by atoms with Gasteiger partial charge in [0.1, 0.15) is 23.7 Å². The van der Waals surface area contributed by atoms with Gasteiger partial charge in [-0.05, 0) is 41.0 Å². The summed E-state index contributed by atoms with van der Waals surface area (Å²) >= 11 is 0. The first-order valence-electron chi connectivity index (χ1n) is 14.5. The Morgan fingerprint density at radius 3 is 2.04 bits per heavy atom. The molecule has 12 heteroatoms. The second-order valence-electron chi connectivity index (χ2n) is 10.3. The summed E-state index contributed by atoms with van der Waals surface area (Å²) in [6, 6.07) is 25.6. The van der Waals surface area contributed by atoms with Crippen LogP contribution in [0.5, 0.6) is 11.5 Å². The summed E-state index contributed by atoms with van der Waals surface area (Å²) in [5.74, 6) is 0.744. The minimum absolute atomic E-state index is 0.00537. The predicted octanol–water partition coefficient (Wildman–Crippen LogP) is 3.38. The Bertz CT molecular complexity index is 1730. The molecule has 0 saturated carbocycles. The number of hydrogen-bond donors (Lipinski definition) is 3. The van der Waals surface area contributed by atoms with E-state index in [-0.39, 0.29) is 37.1 Å². The molecule has 2 heterocycles. The van der Waals surface area contributed by atoms with Crippen LogP contribution in [0.1, 0.15) is 29.3 Å². The average molecular weight is 630 g/mol. The number of aliphatic hydroxyl groups excluding tert-OH is 1. The van der Waals surface area contributed by atoms with Gasteiger partial charge in [-0.3, -0.25) is 19.1 Å². The zero-order valence-corrected chi connectivity index (χ0v) is 25.6. The minimum Gasteiger partial charge on any atom is -0.506 e. The molecule has 0 aliphatic carbocycles. The van der Waals surface area contributed by atoms with Crippen LogP contribution < -0.4 is 26.0 Å². The Labute approximate surface area is 264 Å². The number of aromatic amines is 1. The zero-order chi connectivity index (χ0) is 32.7. The SMILES string of the molecule is CNC(=O)CCOC1C(O)=C(COC(c2ccccc2)(c2ccc(OC)cc2)c2ccc(OC)cc2)O[C@H]1n1ccc(=O)[nH]c1=O. The number of ether oxygens (including phenoxy) is 5. The smallest absolute Gasteiger partial charge is 0.331 e. The standard InChI is InChI=1S/C34H35N3O9/c1-35-28(38)18-20-44-31-30(40)27(46-32(31)37-19-17-29(39)36-33(37)41)21-45-34(22-7-5-4-6-8-22,23-9-13-25(42-2)14-10-23)24-11-15-26(43-3)16-12-24/h4-17,19,31-32,40H,18,20-21H2,1-3H3,(H,35,38)(H,36,39,41)/t31?,32-/m1/s1. The van der Waals surface area contributed by atoms with Crippen LogP contribution in [0.3, 0.4) is 0 Å². The topological polar surface area (TPSA) is 150 Å². The fraction of sp³-hybridized carbons (Fsp3) is 0.265. The fourth-order valence-corrected chi connectivity index (χ4v) is 5.31. The molecule has 0 fully saturated rings. The van der Waals surface area contributed by atoms with Gasteiger partial charge in [0.15, 0.2) is 17.6 Å². The van der Waals surface area contributed by atoms with E-state index >= 15 is 0 Å². The van der Waals surface area contributed by atoms with Crippen LogP contribution in [-0.2, 0) is 24.6 Å². The number of carbonyl (C=O) groups is 1. The molecule has 46 heavy (non-hydrogen) atoms. The zero-order valence-electron chi connectivity index (χ0n) is 25.6. The normalized spacial score (nSPS) is 16.2. The first-order chi connectivity index (χ1) is 22.3. The van der Waals surface area contributed by atoms with Crippen molar-refractivity contribution in [3.05, 3.63) is 140 Å². The minimum atomic E-state index is -1.22. The van der Waals surface area contributed by atoms with Gasteiger partial charge in [-0.2, -0.15) is 0 Å². The molecular weight excluding hydrogens is 594 g/mol. The van der Waals surface area contributed by atoms with Gasteiger partial charge in [-0.1, -0.05) is 54.6 Å². The summed E-state index contributed by atoms with van der Waals surface area (Å²) in [5.41, 5.74) is -0.274. The average Bonchev–Trinajstić information content (AvgIpc) is 3.40. The largest absolute Gasteiger partial charge is 0.506 e. The van der Waals surface area contributed by atoms with E-state index in [1.807, 2.05) is 78.9 Å². The van der Waals surface area contributed by atoms with Gasteiger partial charge in [0.2, 0.25) is 12.1 Å². The highest BCUT2D eigenvalue weighted by Gasteiger charge is 2.43. The molecule has 1 amide bonds. The Balaban J connectivity index is 1.57. The summed E-state index contributed by atoms with van der Waals surface area (Å²) in [7, 11) is 4.67. The number of aliphatic hydroxyl groups is 1. The number of methoxy groups -OCH3 is 2. The number of rotatable bonds is 13. The predicted molar refractivity (Wildman–Crippen MR) is 168 cm³/mol. The lowest BCUT2D eigenvalue weighted by molar-refractivity contribution is -0.123. The van der Waals surface area contributed by atoms with E-state index in [1.54, 1.807) is 14.2 Å². The first kappa shape index (κ1) is 32.1. The van der Waals surface area contributed by atoms with Crippen molar-refractivity contribution in [1.29, 1.82) is 0 Å². The quantitative estimate of drug-likeness (QED) is 0.189. The van der Waals surface area contributed by atoms with E-state index in [0.29, 0.717) is 11.5 Å². The van der Waals surface area contributed by atoms with E-state index in [9.17, 15) is 19.5 Å². The van der Waals surface area contributed by atoms with Crippen LogP contribution in [0.15, 0.2) is 112 Å². The number of carbonyl (C=O) groups excluding carboxylic acids is 1. The van der Waals surface area contributed by atoms with Crippen molar-refractivity contribution in [3.8, 4) is 11.5 Å². The number of nitrogens with one attached hydrogen (secondary N) is 2. The highest BCUT2D eigenvalue weighted by Crippen LogP contribution is 2.43. The lowest BCUT2D eigenvalue weighted by atomic mass is 9.80. The highest BCUT2D eigenvalue weighted by molar-refractivity contribution is 5.75. The number of H-pyrrole nitrogens is 1. The number of nitrogens with zero attached hydrogens (tertiary/aromatic N) is 1. The molecular formula is C34H35N3O9. The molecule has 12 nitrogen and oxygen atoms in total. The van der Waals surface area contributed by atoms with E-state index in [4.69, 9.17) is 23.7 Å². The van der Waals surface area contributed by atoms with Crippen LogP contribution in [0, 0.1) is 0 Å². The Hall–Kier alpha value is -5.33. The van der Waals surface area contributed by atoms with Gasteiger partial charge in [-0.15, -0.1) is 0 Å². The summed E-state index contributed by atoms with van der Waals surface area (Å²) < 4.78 is 30.8. The molecule has 3 N–H and O–H groups in total. The first-order valence-corrected chi connectivity index (χ1v) is 14.5. The van der Waals surface area contributed by atoms with E-state index < -0.39 is 29.2 Å². The Kier molecular flexibility index (Phi) is 9.89. The molecule has 1 aliphatic heterocycles. The molecule has 2 atom stereocenters. The maximum absolute atomic E-state index is 12.7.